The minimum atomic E-state index is -4.74. The van der Waals surface area contributed by atoms with Crippen molar-refractivity contribution in [2.75, 3.05) is 0 Å². The molecule has 0 radical (unpaired) electrons. The summed E-state index contributed by atoms with van der Waals surface area (Å²) in [4.78, 5) is 12.5. The quantitative estimate of drug-likeness (QED) is 0.565. The molecule has 2 rings (SSSR count). The summed E-state index contributed by atoms with van der Waals surface area (Å²) in [5.74, 6) is -1.37. The number of rotatable bonds is 3. The van der Waals surface area contributed by atoms with E-state index < -0.39 is 17.6 Å². The monoisotopic (exact) mass is 302 g/mol. The van der Waals surface area contributed by atoms with Crippen molar-refractivity contribution in [1.82, 2.24) is 0 Å². The van der Waals surface area contributed by atoms with Crippen LogP contribution in [0, 0.1) is 5.82 Å². The number of carbonyl (C=O) groups excluding carboxylic acids is 1. The second-order valence-corrected chi connectivity index (χ2v) is 5.22. The van der Waals surface area contributed by atoms with Gasteiger partial charge in [-0.25, -0.2) is 4.39 Å². The van der Waals surface area contributed by atoms with E-state index in [1.54, 1.807) is 19.1 Å². The highest BCUT2D eigenvalue weighted by Gasteiger charge is 2.34. The third-order valence-electron chi connectivity index (χ3n) is 2.76. The summed E-state index contributed by atoms with van der Waals surface area (Å²) in [6.45, 7) is 1.71. The lowest BCUT2D eigenvalue weighted by atomic mass is 10.1. The lowest BCUT2D eigenvalue weighted by Crippen LogP contribution is -2.07. The normalized spacial score (nSPS) is 11.7. The molecule has 0 bridgehead atoms. The Labute approximate surface area is 116 Å². The van der Waals surface area contributed by atoms with Crippen molar-refractivity contribution < 1.29 is 22.4 Å². The maximum atomic E-state index is 13.2. The Morgan fingerprint density at radius 2 is 1.90 bits per heavy atom. The summed E-state index contributed by atoms with van der Waals surface area (Å²) in [5.41, 5.74) is -1.05. The summed E-state index contributed by atoms with van der Waals surface area (Å²) in [5, 5.41) is 0. The van der Waals surface area contributed by atoms with Gasteiger partial charge in [-0.05, 0) is 29.8 Å². The highest BCUT2D eigenvalue weighted by Crippen LogP contribution is 2.36. The van der Waals surface area contributed by atoms with Gasteiger partial charge >= 0.3 is 6.18 Å². The Morgan fingerprint density at radius 1 is 1.20 bits per heavy atom. The molecular weight excluding hydrogens is 292 g/mol. The minimum Gasteiger partial charge on any atom is -0.293 e. The SMILES string of the molecule is CCC(=O)c1ccc(-c2ccc(F)c(C(F)(F)F)c2)s1. The van der Waals surface area contributed by atoms with E-state index in [2.05, 4.69) is 0 Å². The average molecular weight is 302 g/mol. The average Bonchev–Trinajstić information content (AvgIpc) is 2.86. The smallest absolute Gasteiger partial charge is 0.293 e. The first-order valence-electron chi connectivity index (χ1n) is 5.83. The topological polar surface area (TPSA) is 17.1 Å². The number of thiophene rings is 1. The molecule has 0 aliphatic heterocycles. The summed E-state index contributed by atoms with van der Waals surface area (Å²) >= 11 is 1.10. The van der Waals surface area contributed by atoms with Crippen LogP contribution in [0.4, 0.5) is 17.6 Å². The first kappa shape index (κ1) is 14.7. The summed E-state index contributed by atoms with van der Waals surface area (Å²) in [6, 6.07) is 5.97. The molecule has 0 fully saturated rings. The van der Waals surface area contributed by atoms with Gasteiger partial charge in [-0.2, -0.15) is 13.2 Å². The van der Waals surface area contributed by atoms with Gasteiger partial charge in [0.05, 0.1) is 10.4 Å². The lowest BCUT2D eigenvalue weighted by Gasteiger charge is -2.09. The van der Waals surface area contributed by atoms with Crippen molar-refractivity contribution in [3.05, 3.63) is 46.6 Å². The molecule has 0 aliphatic carbocycles. The van der Waals surface area contributed by atoms with Crippen molar-refractivity contribution in [2.45, 2.75) is 19.5 Å². The fourth-order valence-electron chi connectivity index (χ4n) is 1.71. The Balaban J connectivity index is 2.44. The largest absolute Gasteiger partial charge is 0.419 e. The van der Waals surface area contributed by atoms with Crippen LogP contribution in [0.15, 0.2) is 30.3 Å². The molecule has 1 aromatic heterocycles. The Morgan fingerprint density at radius 3 is 2.50 bits per heavy atom. The minimum absolute atomic E-state index is 0.0700. The molecule has 1 heterocycles. The van der Waals surface area contributed by atoms with E-state index in [4.69, 9.17) is 0 Å². The molecule has 0 N–H and O–H groups in total. The number of benzene rings is 1. The van der Waals surface area contributed by atoms with Crippen molar-refractivity contribution in [2.24, 2.45) is 0 Å². The molecule has 6 heteroatoms. The molecule has 106 valence electrons. The molecule has 0 aliphatic rings. The molecular formula is C14H10F4OS. The number of hydrogen-bond acceptors (Lipinski definition) is 2. The number of ketones is 1. The van der Waals surface area contributed by atoms with E-state index in [9.17, 15) is 22.4 Å². The molecule has 0 amide bonds. The van der Waals surface area contributed by atoms with Gasteiger partial charge in [0, 0.05) is 11.3 Å². The van der Waals surface area contributed by atoms with Crippen LogP contribution in [0.5, 0.6) is 0 Å². The third-order valence-corrected chi connectivity index (χ3v) is 3.93. The Bertz CT molecular complexity index is 643. The van der Waals surface area contributed by atoms with E-state index in [1.807, 2.05) is 0 Å². The fraction of sp³-hybridized carbons (Fsp3) is 0.214. The number of halogens is 4. The molecule has 0 unspecified atom stereocenters. The number of carbonyl (C=O) groups is 1. The molecule has 0 saturated heterocycles. The van der Waals surface area contributed by atoms with Gasteiger partial charge in [0.25, 0.3) is 0 Å². The number of hydrogen-bond donors (Lipinski definition) is 0. The third kappa shape index (κ3) is 2.90. The molecule has 0 spiro atoms. The van der Waals surface area contributed by atoms with Gasteiger partial charge in [-0.15, -0.1) is 11.3 Å². The van der Waals surface area contributed by atoms with Gasteiger partial charge in [0.2, 0.25) is 0 Å². The highest BCUT2D eigenvalue weighted by molar-refractivity contribution is 7.17. The molecule has 2 aromatic rings. The zero-order chi connectivity index (χ0) is 14.9. The first-order chi connectivity index (χ1) is 9.32. The van der Waals surface area contributed by atoms with Gasteiger partial charge in [0.15, 0.2) is 5.78 Å². The van der Waals surface area contributed by atoms with Crippen LogP contribution in [-0.2, 0) is 6.18 Å². The maximum Gasteiger partial charge on any atom is 0.419 e. The van der Waals surface area contributed by atoms with Crippen LogP contribution in [0.3, 0.4) is 0 Å². The van der Waals surface area contributed by atoms with Crippen molar-refractivity contribution in [1.29, 1.82) is 0 Å². The predicted octanol–water partition coefficient (Wildman–Crippen LogP) is 5.17. The summed E-state index contributed by atoms with van der Waals surface area (Å²) < 4.78 is 51.1. The van der Waals surface area contributed by atoms with E-state index in [0.717, 1.165) is 23.5 Å². The lowest BCUT2D eigenvalue weighted by molar-refractivity contribution is -0.139. The van der Waals surface area contributed by atoms with Gasteiger partial charge < -0.3 is 0 Å². The summed E-state index contributed by atoms with van der Waals surface area (Å²) in [6.07, 6.45) is -4.41. The van der Waals surface area contributed by atoms with E-state index in [0.29, 0.717) is 16.2 Å². The number of alkyl halides is 3. The van der Waals surface area contributed by atoms with E-state index >= 15 is 0 Å². The maximum absolute atomic E-state index is 13.2. The Kier molecular flexibility index (Phi) is 3.94. The van der Waals surface area contributed by atoms with Gasteiger partial charge in [0.1, 0.15) is 5.82 Å². The Hall–Kier alpha value is -1.69. The van der Waals surface area contributed by atoms with Crippen LogP contribution >= 0.6 is 11.3 Å². The van der Waals surface area contributed by atoms with Crippen LogP contribution in [0.25, 0.3) is 10.4 Å². The van der Waals surface area contributed by atoms with Crippen molar-refractivity contribution in [3.8, 4) is 10.4 Å². The molecule has 0 saturated carbocycles. The summed E-state index contributed by atoms with van der Waals surface area (Å²) in [7, 11) is 0. The fourth-order valence-corrected chi connectivity index (χ4v) is 2.72. The van der Waals surface area contributed by atoms with Crippen LogP contribution in [-0.4, -0.2) is 5.78 Å². The number of Topliss-reactive ketones (excluding diaryl/α,β-unsaturated/α-hetero) is 1. The van der Waals surface area contributed by atoms with E-state index in [1.165, 1.54) is 6.07 Å². The zero-order valence-corrected chi connectivity index (χ0v) is 11.2. The van der Waals surface area contributed by atoms with Crippen molar-refractivity contribution >= 4 is 17.1 Å². The molecule has 0 atom stereocenters. The van der Waals surface area contributed by atoms with Crippen LogP contribution in [0.2, 0.25) is 0 Å². The second kappa shape index (κ2) is 5.36. The van der Waals surface area contributed by atoms with Crippen LogP contribution < -0.4 is 0 Å². The molecule has 1 nitrogen and oxygen atoms in total. The van der Waals surface area contributed by atoms with Gasteiger partial charge in [-0.3, -0.25) is 4.79 Å². The van der Waals surface area contributed by atoms with Gasteiger partial charge in [-0.1, -0.05) is 13.0 Å². The standard InChI is InChI=1S/C14H10F4OS/c1-2-11(19)13-6-5-12(20-13)8-3-4-10(15)9(7-8)14(16,17)18/h3-7H,2H2,1H3. The zero-order valence-electron chi connectivity index (χ0n) is 10.4. The van der Waals surface area contributed by atoms with E-state index in [-0.39, 0.29) is 11.3 Å². The predicted molar refractivity (Wildman–Crippen MR) is 69.3 cm³/mol. The van der Waals surface area contributed by atoms with Crippen LogP contribution in [0.1, 0.15) is 28.6 Å². The second-order valence-electron chi connectivity index (χ2n) is 4.13. The molecule has 20 heavy (non-hydrogen) atoms. The van der Waals surface area contributed by atoms with Crippen molar-refractivity contribution in [3.63, 3.8) is 0 Å². The molecule has 1 aromatic carbocycles. The highest BCUT2D eigenvalue weighted by atomic mass is 32.1. The first-order valence-corrected chi connectivity index (χ1v) is 6.64.